The van der Waals surface area contributed by atoms with Gasteiger partial charge in [0.1, 0.15) is 0 Å². The summed E-state index contributed by atoms with van der Waals surface area (Å²) in [6.07, 6.45) is 0.556. The predicted octanol–water partition coefficient (Wildman–Crippen LogP) is 1.49. The topological polar surface area (TPSA) is 32.3 Å². The summed E-state index contributed by atoms with van der Waals surface area (Å²) in [4.78, 5) is 13.6. The van der Waals surface area contributed by atoms with Gasteiger partial charge in [-0.25, -0.2) is 0 Å². The molecular weight excluding hydrogens is 200 g/mol. The number of carbonyl (C=O) groups is 1. The fraction of sp³-hybridized carbons (Fsp3) is 0.462. The molecule has 0 aromatic heterocycles. The van der Waals surface area contributed by atoms with Crippen molar-refractivity contribution in [3.63, 3.8) is 0 Å². The van der Waals surface area contributed by atoms with Crippen molar-refractivity contribution in [3.8, 4) is 0 Å². The van der Waals surface area contributed by atoms with Crippen molar-refractivity contribution in [1.82, 2.24) is 10.2 Å². The van der Waals surface area contributed by atoms with Crippen LogP contribution in [-0.2, 0) is 4.79 Å². The van der Waals surface area contributed by atoms with E-state index in [0.717, 1.165) is 13.1 Å². The molecular formula is C13H18N2O. The second-order valence-corrected chi connectivity index (χ2v) is 4.44. The third kappa shape index (κ3) is 2.42. The molecule has 1 aliphatic heterocycles. The Bertz CT molecular complexity index is 389. The van der Waals surface area contributed by atoms with Crippen LogP contribution in [0.2, 0.25) is 0 Å². The molecule has 1 aromatic rings. The molecule has 1 amide bonds. The molecule has 16 heavy (non-hydrogen) atoms. The largest absolute Gasteiger partial charge is 0.344 e. The van der Waals surface area contributed by atoms with Gasteiger partial charge in [0.2, 0.25) is 5.91 Å². The second kappa shape index (κ2) is 4.66. The number of likely N-dealkylation sites (N-methyl/N-ethyl adjacent to an activating group) is 1. The molecule has 3 heteroatoms. The zero-order valence-electron chi connectivity index (χ0n) is 9.86. The lowest BCUT2D eigenvalue weighted by atomic mass is 10.0. The van der Waals surface area contributed by atoms with E-state index >= 15 is 0 Å². The summed E-state index contributed by atoms with van der Waals surface area (Å²) in [6, 6.07) is 8.52. The van der Waals surface area contributed by atoms with E-state index in [4.69, 9.17) is 0 Å². The number of hydrogen-bond donors (Lipinski definition) is 1. The summed E-state index contributed by atoms with van der Waals surface area (Å²) in [5.41, 5.74) is 2.45. The standard InChI is InChI=1S/C13H18N2O/c1-10-4-3-5-11(8-10)12-9-13(16)15(2)7-6-14-12/h3-5,8,12,14H,6-7,9H2,1-2H3. The van der Waals surface area contributed by atoms with Gasteiger partial charge in [-0.1, -0.05) is 29.8 Å². The molecule has 1 aliphatic rings. The molecule has 1 heterocycles. The second-order valence-electron chi connectivity index (χ2n) is 4.44. The van der Waals surface area contributed by atoms with Gasteiger partial charge in [-0.3, -0.25) is 4.79 Å². The number of hydrogen-bond acceptors (Lipinski definition) is 2. The van der Waals surface area contributed by atoms with Crippen molar-refractivity contribution < 1.29 is 4.79 Å². The number of aryl methyl sites for hydroxylation is 1. The monoisotopic (exact) mass is 218 g/mol. The van der Waals surface area contributed by atoms with Crippen molar-refractivity contribution in [1.29, 1.82) is 0 Å². The zero-order valence-corrected chi connectivity index (χ0v) is 9.86. The Hall–Kier alpha value is -1.35. The SMILES string of the molecule is Cc1cccc(C2CC(=O)N(C)CCN2)c1. The smallest absolute Gasteiger partial charge is 0.224 e. The minimum Gasteiger partial charge on any atom is -0.344 e. The van der Waals surface area contributed by atoms with Crippen molar-refractivity contribution in [2.45, 2.75) is 19.4 Å². The van der Waals surface area contributed by atoms with E-state index in [1.54, 1.807) is 4.90 Å². The lowest BCUT2D eigenvalue weighted by Gasteiger charge is -2.15. The Kier molecular flexibility index (Phi) is 3.25. The van der Waals surface area contributed by atoms with Crippen LogP contribution in [0.3, 0.4) is 0 Å². The van der Waals surface area contributed by atoms with Crippen molar-refractivity contribution >= 4 is 5.91 Å². The highest BCUT2D eigenvalue weighted by molar-refractivity contribution is 5.77. The van der Waals surface area contributed by atoms with E-state index in [1.807, 2.05) is 13.1 Å². The first kappa shape index (κ1) is 11.1. The molecule has 0 radical (unpaired) electrons. The molecule has 0 spiro atoms. The molecule has 86 valence electrons. The van der Waals surface area contributed by atoms with Crippen LogP contribution >= 0.6 is 0 Å². The minimum atomic E-state index is 0.164. The molecule has 1 unspecified atom stereocenters. The maximum Gasteiger partial charge on any atom is 0.224 e. The van der Waals surface area contributed by atoms with Crippen LogP contribution in [0.15, 0.2) is 24.3 Å². The first-order chi connectivity index (χ1) is 7.66. The van der Waals surface area contributed by atoms with E-state index in [2.05, 4.69) is 30.4 Å². The Morgan fingerprint density at radius 2 is 2.25 bits per heavy atom. The third-order valence-electron chi connectivity index (χ3n) is 3.09. The van der Waals surface area contributed by atoms with Crippen LogP contribution in [0.5, 0.6) is 0 Å². The van der Waals surface area contributed by atoms with E-state index in [1.165, 1.54) is 11.1 Å². The number of carbonyl (C=O) groups excluding carboxylic acids is 1. The molecule has 3 nitrogen and oxygen atoms in total. The highest BCUT2D eigenvalue weighted by Crippen LogP contribution is 2.20. The van der Waals surface area contributed by atoms with E-state index in [9.17, 15) is 4.79 Å². The van der Waals surface area contributed by atoms with Gasteiger partial charge >= 0.3 is 0 Å². The molecule has 1 saturated heterocycles. The average molecular weight is 218 g/mol. The van der Waals surface area contributed by atoms with Gasteiger partial charge < -0.3 is 10.2 Å². The quantitative estimate of drug-likeness (QED) is 0.774. The van der Waals surface area contributed by atoms with Gasteiger partial charge in [0.15, 0.2) is 0 Å². The molecule has 0 saturated carbocycles. The fourth-order valence-electron chi connectivity index (χ4n) is 2.06. The number of nitrogens with zero attached hydrogens (tertiary/aromatic N) is 1. The van der Waals surface area contributed by atoms with Crippen LogP contribution in [-0.4, -0.2) is 30.9 Å². The predicted molar refractivity (Wildman–Crippen MR) is 64.2 cm³/mol. The molecule has 0 aliphatic carbocycles. The van der Waals surface area contributed by atoms with Crippen LogP contribution < -0.4 is 5.32 Å². The summed E-state index contributed by atoms with van der Waals surface area (Å²) < 4.78 is 0. The summed E-state index contributed by atoms with van der Waals surface area (Å²) in [5.74, 6) is 0.219. The van der Waals surface area contributed by atoms with Gasteiger partial charge in [0.25, 0.3) is 0 Å². The lowest BCUT2D eigenvalue weighted by molar-refractivity contribution is -0.129. The Balaban J connectivity index is 2.18. The number of benzene rings is 1. The summed E-state index contributed by atoms with van der Waals surface area (Å²) >= 11 is 0. The van der Waals surface area contributed by atoms with Gasteiger partial charge in [0.05, 0.1) is 0 Å². The van der Waals surface area contributed by atoms with E-state index in [0.29, 0.717) is 6.42 Å². The van der Waals surface area contributed by atoms with Gasteiger partial charge in [0, 0.05) is 32.6 Å². The maximum absolute atomic E-state index is 11.8. The van der Waals surface area contributed by atoms with Gasteiger partial charge in [-0.2, -0.15) is 0 Å². The van der Waals surface area contributed by atoms with Crippen LogP contribution in [0.1, 0.15) is 23.6 Å². The zero-order chi connectivity index (χ0) is 11.5. The molecule has 1 aromatic carbocycles. The fourth-order valence-corrected chi connectivity index (χ4v) is 2.06. The van der Waals surface area contributed by atoms with Gasteiger partial charge in [-0.05, 0) is 12.5 Å². The summed E-state index contributed by atoms with van der Waals surface area (Å²) in [6.45, 7) is 3.73. The third-order valence-corrected chi connectivity index (χ3v) is 3.09. The molecule has 2 rings (SSSR count). The molecule has 1 atom stereocenters. The number of amides is 1. The Morgan fingerprint density at radius 3 is 3.00 bits per heavy atom. The normalized spacial score (nSPS) is 22.0. The van der Waals surface area contributed by atoms with Crippen LogP contribution in [0.25, 0.3) is 0 Å². The highest BCUT2D eigenvalue weighted by Gasteiger charge is 2.21. The molecule has 1 N–H and O–H groups in total. The van der Waals surface area contributed by atoms with Crippen molar-refractivity contribution in [2.75, 3.05) is 20.1 Å². The molecule has 0 bridgehead atoms. The van der Waals surface area contributed by atoms with Crippen molar-refractivity contribution in [3.05, 3.63) is 35.4 Å². The summed E-state index contributed by atoms with van der Waals surface area (Å²) in [5, 5.41) is 3.42. The highest BCUT2D eigenvalue weighted by atomic mass is 16.2. The van der Waals surface area contributed by atoms with E-state index in [-0.39, 0.29) is 11.9 Å². The number of nitrogens with one attached hydrogen (secondary N) is 1. The Labute approximate surface area is 96.5 Å². The average Bonchev–Trinajstić information content (AvgIpc) is 2.42. The molecule has 1 fully saturated rings. The van der Waals surface area contributed by atoms with Crippen molar-refractivity contribution in [2.24, 2.45) is 0 Å². The lowest BCUT2D eigenvalue weighted by Crippen LogP contribution is -2.27. The maximum atomic E-state index is 11.8. The number of rotatable bonds is 1. The van der Waals surface area contributed by atoms with Crippen LogP contribution in [0.4, 0.5) is 0 Å². The first-order valence-corrected chi connectivity index (χ1v) is 5.71. The Morgan fingerprint density at radius 1 is 1.44 bits per heavy atom. The van der Waals surface area contributed by atoms with Gasteiger partial charge in [-0.15, -0.1) is 0 Å². The van der Waals surface area contributed by atoms with E-state index < -0.39 is 0 Å². The summed E-state index contributed by atoms with van der Waals surface area (Å²) in [7, 11) is 1.86. The first-order valence-electron chi connectivity index (χ1n) is 5.71. The van der Waals surface area contributed by atoms with Crippen LogP contribution in [0, 0.1) is 6.92 Å². The minimum absolute atomic E-state index is 0.164.